The Balaban J connectivity index is 1.06. The van der Waals surface area contributed by atoms with E-state index in [0.717, 1.165) is 45.7 Å². The fourth-order valence-electron chi connectivity index (χ4n) is 7.78. The summed E-state index contributed by atoms with van der Waals surface area (Å²) in [5.74, 6) is 0.838. The first-order chi connectivity index (χ1) is 16.0. The number of piperazine rings is 1. The van der Waals surface area contributed by atoms with Crippen molar-refractivity contribution in [2.45, 2.75) is 57.3 Å². The Morgan fingerprint density at radius 3 is 2.67 bits per heavy atom. The Bertz CT molecular complexity index is 911. The zero-order valence-electron chi connectivity index (χ0n) is 20.1. The van der Waals surface area contributed by atoms with Crippen molar-refractivity contribution in [2.24, 2.45) is 23.2 Å². The van der Waals surface area contributed by atoms with Crippen molar-refractivity contribution in [3.8, 4) is 0 Å². The smallest absolute Gasteiger partial charge is 0.311 e. The molecule has 5 nitrogen and oxygen atoms in total. The van der Waals surface area contributed by atoms with Crippen LogP contribution in [-0.2, 0) is 14.3 Å². The Hall–Kier alpha value is -1.69. The maximum absolute atomic E-state index is 13.0. The summed E-state index contributed by atoms with van der Waals surface area (Å²) in [6, 6.07) is 10.5. The minimum absolute atomic E-state index is 0.00241. The van der Waals surface area contributed by atoms with Gasteiger partial charge in [0.2, 0.25) is 0 Å². The molecule has 178 valence electrons. The lowest BCUT2D eigenvalue weighted by Gasteiger charge is -2.49. The van der Waals surface area contributed by atoms with Gasteiger partial charge in [0.1, 0.15) is 11.7 Å². The largest absolute Gasteiger partial charge is 0.462 e. The molecule has 0 radical (unpaired) electrons. The molecule has 0 aromatic heterocycles. The highest BCUT2D eigenvalue weighted by molar-refractivity contribution is 5.76. The van der Waals surface area contributed by atoms with E-state index in [1.165, 1.54) is 24.8 Å². The molecule has 5 aliphatic rings. The standard InChI is InChI=1S/C28H38N2O3/c1-20-8-6-12-27(2)18-23-24(25-28(20,27)33-25)22(26(31)32-23)19-30-16-14-29(15-17-30)13-7-11-21-9-4-3-5-10-21/h3-5,7,9-11,20,22-25H,6,8,12-19H2,1-2H3/b11-7+/t20-,22+,23+,24+,25+,27+,28-/m0/s1. The summed E-state index contributed by atoms with van der Waals surface area (Å²) >= 11 is 0. The first kappa shape index (κ1) is 21.8. The molecule has 0 N–H and O–H groups in total. The lowest BCUT2D eigenvalue weighted by atomic mass is 9.53. The van der Waals surface area contributed by atoms with Crippen LogP contribution in [0.15, 0.2) is 36.4 Å². The van der Waals surface area contributed by atoms with Crippen LogP contribution in [-0.4, -0.2) is 72.8 Å². The molecule has 6 rings (SSSR count). The summed E-state index contributed by atoms with van der Waals surface area (Å²) in [5, 5.41) is 0. The summed E-state index contributed by atoms with van der Waals surface area (Å²) in [6.45, 7) is 10.7. The Morgan fingerprint density at radius 2 is 1.88 bits per heavy atom. The average molecular weight is 451 g/mol. The molecule has 5 fully saturated rings. The van der Waals surface area contributed by atoms with Gasteiger partial charge in [0, 0.05) is 50.6 Å². The van der Waals surface area contributed by atoms with Crippen molar-refractivity contribution < 1.29 is 14.3 Å². The molecule has 2 aliphatic carbocycles. The highest BCUT2D eigenvalue weighted by Gasteiger charge is 2.78. The molecule has 0 bridgehead atoms. The summed E-state index contributed by atoms with van der Waals surface area (Å²) < 4.78 is 12.6. The zero-order chi connectivity index (χ0) is 22.6. The van der Waals surface area contributed by atoms with E-state index < -0.39 is 0 Å². The fraction of sp³-hybridized carbons (Fsp3) is 0.679. The van der Waals surface area contributed by atoms with Crippen LogP contribution in [0.2, 0.25) is 0 Å². The molecule has 1 aromatic rings. The Kier molecular flexibility index (Phi) is 5.43. The molecule has 33 heavy (non-hydrogen) atoms. The van der Waals surface area contributed by atoms with Gasteiger partial charge in [0.05, 0.1) is 12.0 Å². The lowest BCUT2D eigenvalue weighted by molar-refractivity contribution is -0.146. The maximum atomic E-state index is 13.0. The number of hydrogen-bond donors (Lipinski definition) is 0. The second-order valence-electron chi connectivity index (χ2n) is 11.5. The van der Waals surface area contributed by atoms with Crippen molar-refractivity contribution >= 4 is 12.0 Å². The molecule has 7 atom stereocenters. The Morgan fingerprint density at radius 1 is 1.12 bits per heavy atom. The van der Waals surface area contributed by atoms with Crippen LogP contribution in [0.3, 0.4) is 0 Å². The van der Waals surface area contributed by atoms with Crippen LogP contribution in [0.25, 0.3) is 6.08 Å². The molecule has 0 unspecified atom stereocenters. The van der Waals surface area contributed by atoms with Crippen LogP contribution in [0.5, 0.6) is 0 Å². The van der Waals surface area contributed by atoms with Crippen LogP contribution >= 0.6 is 0 Å². The van der Waals surface area contributed by atoms with E-state index >= 15 is 0 Å². The predicted octanol–water partition coefficient (Wildman–Crippen LogP) is 3.84. The summed E-state index contributed by atoms with van der Waals surface area (Å²) in [5.41, 5.74) is 1.42. The molecular formula is C28H38N2O3. The second-order valence-corrected chi connectivity index (χ2v) is 11.5. The van der Waals surface area contributed by atoms with E-state index in [1.54, 1.807) is 0 Å². The number of carbonyl (C=O) groups is 1. The third-order valence-corrected chi connectivity index (χ3v) is 9.59. The lowest BCUT2D eigenvalue weighted by Crippen LogP contribution is -2.55. The van der Waals surface area contributed by atoms with E-state index in [2.05, 4.69) is 66.1 Å². The predicted molar refractivity (Wildman–Crippen MR) is 129 cm³/mol. The number of carbonyl (C=O) groups excluding carboxylic acids is 1. The van der Waals surface area contributed by atoms with E-state index in [4.69, 9.17) is 9.47 Å². The first-order valence-electron chi connectivity index (χ1n) is 13.0. The van der Waals surface area contributed by atoms with Gasteiger partial charge in [-0.2, -0.15) is 0 Å². The van der Waals surface area contributed by atoms with E-state index in [-0.39, 0.29) is 41.0 Å². The van der Waals surface area contributed by atoms with Crippen LogP contribution < -0.4 is 0 Å². The molecule has 1 spiro atoms. The molecule has 3 heterocycles. The maximum Gasteiger partial charge on any atom is 0.311 e. The van der Waals surface area contributed by atoms with Crippen molar-refractivity contribution in [1.29, 1.82) is 0 Å². The number of epoxide rings is 1. The number of hydrogen-bond acceptors (Lipinski definition) is 5. The monoisotopic (exact) mass is 450 g/mol. The van der Waals surface area contributed by atoms with Gasteiger partial charge in [0.15, 0.2) is 0 Å². The van der Waals surface area contributed by atoms with Crippen molar-refractivity contribution in [3.63, 3.8) is 0 Å². The summed E-state index contributed by atoms with van der Waals surface area (Å²) in [4.78, 5) is 18.0. The highest BCUT2D eigenvalue weighted by atomic mass is 16.6. The van der Waals surface area contributed by atoms with E-state index in [9.17, 15) is 4.79 Å². The first-order valence-corrected chi connectivity index (χ1v) is 13.0. The van der Waals surface area contributed by atoms with Gasteiger partial charge in [-0.15, -0.1) is 0 Å². The fourth-order valence-corrected chi connectivity index (χ4v) is 7.78. The van der Waals surface area contributed by atoms with Gasteiger partial charge in [-0.05, 0) is 30.7 Å². The minimum atomic E-state index is -0.0254. The van der Waals surface area contributed by atoms with Gasteiger partial charge in [-0.25, -0.2) is 0 Å². The molecule has 3 aliphatic heterocycles. The number of nitrogens with zero attached hydrogens (tertiary/aromatic N) is 2. The summed E-state index contributed by atoms with van der Waals surface area (Å²) in [6.07, 6.45) is 9.47. The number of fused-ring (bicyclic) bond motifs is 2. The van der Waals surface area contributed by atoms with E-state index in [0.29, 0.717) is 5.92 Å². The highest BCUT2D eigenvalue weighted by Crippen LogP contribution is 2.70. The third kappa shape index (κ3) is 3.59. The van der Waals surface area contributed by atoms with Gasteiger partial charge >= 0.3 is 5.97 Å². The number of benzene rings is 1. The summed E-state index contributed by atoms with van der Waals surface area (Å²) in [7, 11) is 0. The SMILES string of the molecule is C[C@H]1CCC[C@]2(C)C[C@H]3OC(=O)[C@H](CN4CCN(C/C=C/c5ccccc5)CC4)[C@H]3[C@H]3O[C@]312. The average Bonchev–Trinajstić information content (AvgIpc) is 3.50. The van der Waals surface area contributed by atoms with Gasteiger partial charge in [-0.1, -0.05) is 62.8 Å². The quantitative estimate of drug-likeness (QED) is 0.504. The molecule has 3 saturated heterocycles. The topological polar surface area (TPSA) is 45.3 Å². The molecule has 0 amide bonds. The third-order valence-electron chi connectivity index (χ3n) is 9.59. The zero-order valence-corrected chi connectivity index (χ0v) is 20.1. The number of esters is 1. The van der Waals surface area contributed by atoms with Gasteiger partial charge in [0.25, 0.3) is 0 Å². The van der Waals surface area contributed by atoms with Gasteiger partial charge in [-0.3, -0.25) is 14.6 Å². The molecule has 5 heteroatoms. The van der Waals surface area contributed by atoms with Crippen molar-refractivity contribution in [1.82, 2.24) is 9.80 Å². The van der Waals surface area contributed by atoms with Crippen molar-refractivity contribution in [2.75, 3.05) is 39.3 Å². The van der Waals surface area contributed by atoms with Gasteiger partial charge < -0.3 is 9.47 Å². The normalized spacial score (nSPS) is 43.1. The van der Waals surface area contributed by atoms with Crippen LogP contribution in [0, 0.1) is 23.2 Å². The van der Waals surface area contributed by atoms with Crippen LogP contribution in [0.4, 0.5) is 0 Å². The molecular weight excluding hydrogens is 412 g/mol. The van der Waals surface area contributed by atoms with Crippen molar-refractivity contribution in [3.05, 3.63) is 42.0 Å². The Labute approximate surface area is 198 Å². The number of rotatable bonds is 5. The van der Waals surface area contributed by atoms with E-state index in [1.807, 2.05) is 0 Å². The number of ether oxygens (including phenoxy) is 2. The minimum Gasteiger partial charge on any atom is -0.462 e. The van der Waals surface area contributed by atoms with Crippen LogP contribution in [0.1, 0.15) is 45.1 Å². The molecule has 2 saturated carbocycles. The molecule has 1 aromatic carbocycles. The second kappa shape index (κ2) is 8.21.